The van der Waals surface area contributed by atoms with E-state index in [4.69, 9.17) is 9.84 Å². The van der Waals surface area contributed by atoms with Gasteiger partial charge in [0.15, 0.2) is 11.4 Å². The van der Waals surface area contributed by atoms with Crippen molar-refractivity contribution < 1.29 is 41.0 Å². The number of alkyl halides is 6. The number of ether oxygens (including phenoxy) is 1. The lowest BCUT2D eigenvalue weighted by Crippen LogP contribution is -2.24. The van der Waals surface area contributed by atoms with Gasteiger partial charge in [-0.05, 0) is 20.8 Å². The van der Waals surface area contributed by atoms with Crippen LogP contribution in [0.2, 0.25) is 0 Å². The maximum Gasteiger partial charge on any atom is 0.434 e. The van der Waals surface area contributed by atoms with E-state index in [0.717, 1.165) is 6.92 Å². The van der Waals surface area contributed by atoms with E-state index in [9.17, 15) is 31.1 Å². The second-order valence-corrected chi connectivity index (χ2v) is 4.61. The first-order chi connectivity index (χ1) is 9.76. The molecular weight excluding hydrogens is 320 g/mol. The number of rotatable bonds is 3. The molecule has 0 fully saturated rings. The van der Waals surface area contributed by atoms with Crippen LogP contribution in [0.4, 0.5) is 26.3 Å². The quantitative estimate of drug-likeness (QED) is 0.853. The van der Waals surface area contributed by atoms with Gasteiger partial charge < -0.3 is 9.84 Å². The van der Waals surface area contributed by atoms with Crippen molar-refractivity contribution in [3.63, 3.8) is 0 Å². The zero-order valence-corrected chi connectivity index (χ0v) is 11.6. The number of pyridine rings is 1. The molecule has 0 bridgehead atoms. The molecular formula is C12H11F6NO3. The molecule has 0 aliphatic rings. The van der Waals surface area contributed by atoms with Gasteiger partial charge in [0.25, 0.3) is 0 Å². The SMILES string of the molecule is Cc1c(C(F)(F)F)nc(C(F)(F)F)c(C(=O)O)c1OC(C)C. The third kappa shape index (κ3) is 3.60. The van der Waals surface area contributed by atoms with Gasteiger partial charge in [0, 0.05) is 5.56 Å². The number of carboxylic acids is 1. The fraction of sp³-hybridized carbons (Fsp3) is 0.500. The molecule has 0 unspecified atom stereocenters. The normalized spacial score (nSPS) is 12.6. The molecule has 0 amide bonds. The van der Waals surface area contributed by atoms with Crippen molar-refractivity contribution in [2.45, 2.75) is 39.2 Å². The van der Waals surface area contributed by atoms with Gasteiger partial charge in [0.2, 0.25) is 0 Å². The maximum absolute atomic E-state index is 12.9. The number of carboxylic acid groups (broad SMARTS) is 1. The number of nitrogens with zero attached hydrogens (tertiary/aromatic N) is 1. The summed E-state index contributed by atoms with van der Waals surface area (Å²) in [7, 11) is 0. The summed E-state index contributed by atoms with van der Waals surface area (Å²) in [4.78, 5) is 13.6. The molecule has 0 saturated heterocycles. The molecule has 0 aliphatic heterocycles. The molecule has 22 heavy (non-hydrogen) atoms. The van der Waals surface area contributed by atoms with Crippen LogP contribution in [0.3, 0.4) is 0 Å². The van der Waals surface area contributed by atoms with Crippen molar-refractivity contribution in [2.75, 3.05) is 0 Å². The van der Waals surface area contributed by atoms with E-state index in [1.807, 2.05) is 0 Å². The molecule has 1 rings (SSSR count). The van der Waals surface area contributed by atoms with Crippen molar-refractivity contribution in [1.82, 2.24) is 4.98 Å². The standard InChI is InChI=1S/C12H11F6NO3/c1-4(2)22-7-5(3)8(11(13,14)15)19-9(12(16,17)18)6(7)10(20)21/h4H,1-3H3,(H,20,21). The first-order valence-corrected chi connectivity index (χ1v) is 5.85. The van der Waals surface area contributed by atoms with E-state index < -0.39 is 52.7 Å². The van der Waals surface area contributed by atoms with Gasteiger partial charge in [-0.25, -0.2) is 9.78 Å². The molecule has 0 atom stereocenters. The second kappa shape index (κ2) is 5.65. The van der Waals surface area contributed by atoms with Crippen LogP contribution < -0.4 is 4.74 Å². The summed E-state index contributed by atoms with van der Waals surface area (Å²) in [6.45, 7) is 3.48. The predicted octanol–water partition coefficient (Wildman–Crippen LogP) is 3.91. The largest absolute Gasteiger partial charge is 0.490 e. The Hall–Kier alpha value is -2.00. The van der Waals surface area contributed by atoms with Gasteiger partial charge in [-0.2, -0.15) is 26.3 Å². The monoisotopic (exact) mass is 331 g/mol. The minimum absolute atomic E-state index is 0.806. The van der Waals surface area contributed by atoms with Crippen molar-refractivity contribution in [2.24, 2.45) is 0 Å². The van der Waals surface area contributed by atoms with Crippen LogP contribution in [0.15, 0.2) is 0 Å². The maximum atomic E-state index is 12.9. The Labute approximate surface area is 120 Å². The predicted molar refractivity (Wildman–Crippen MR) is 61.7 cm³/mol. The molecule has 10 heteroatoms. The van der Waals surface area contributed by atoms with Crippen LogP contribution in [-0.4, -0.2) is 22.2 Å². The average Bonchev–Trinajstić information content (AvgIpc) is 2.26. The van der Waals surface area contributed by atoms with Crippen LogP contribution in [0.1, 0.15) is 41.2 Å². The van der Waals surface area contributed by atoms with E-state index >= 15 is 0 Å². The fourth-order valence-corrected chi connectivity index (χ4v) is 1.72. The van der Waals surface area contributed by atoms with Crippen LogP contribution in [0.25, 0.3) is 0 Å². The second-order valence-electron chi connectivity index (χ2n) is 4.61. The zero-order valence-electron chi connectivity index (χ0n) is 11.6. The molecule has 124 valence electrons. The van der Waals surface area contributed by atoms with Crippen LogP contribution >= 0.6 is 0 Å². The molecule has 1 aromatic heterocycles. The third-order valence-electron chi connectivity index (χ3n) is 2.49. The van der Waals surface area contributed by atoms with Crippen LogP contribution in [0, 0.1) is 6.92 Å². The van der Waals surface area contributed by atoms with E-state index in [1.54, 1.807) is 0 Å². The number of carbonyl (C=O) groups is 1. The number of aromatic nitrogens is 1. The lowest BCUT2D eigenvalue weighted by Gasteiger charge is -2.21. The minimum atomic E-state index is -5.38. The van der Waals surface area contributed by atoms with Gasteiger partial charge in [-0.1, -0.05) is 0 Å². The smallest absolute Gasteiger partial charge is 0.434 e. The van der Waals surface area contributed by atoms with Crippen LogP contribution in [-0.2, 0) is 12.4 Å². The van der Waals surface area contributed by atoms with Gasteiger partial charge in [-0.15, -0.1) is 0 Å². The lowest BCUT2D eigenvalue weighted by atomic mass is 10.0. The topological polar surface area (TPSA) is 59.4 Å². The third-order valence-corrected chi connectivity index (χ3v) is 2.49. The van der Waals surface area contributed by atoms with E-state index in [-0.39, 0.29) is 0 Å². The van der Waals surface area contributed by atoms with Gasteiger partial charge >= 0.3 is 18.3 Å². The van der Waals surface area contributed by atoms with E-state index in [1.165, 1.54) is 13.8 Å². The van der Waals surface area contributed by atoms with Crippen molar-refractivity contribution >= 4 is 5.97 Å². The summed E-state index contributed by atoms with van der Waals surface area (Å²) in [6, 6.07) is 0. The fourth-order valence-electron chi connectivity index (χ4n) is 1.72. The number of hydrogen-bond donors (Lipinski definition) is 1. The summed E-state index contributed by atoms with van der Waals surface area (Å²) < 4.78 is 82.0. The Morgan fingerprint density at radius 1 is 1.09 bits per heavy atom. The highest BCUT2D eigenvalue weighted by molar-refractivity contribution is 5.93. The molecule has 1 aromatic rings. The molecule has 1 heterocycles. The zero-order chi connectivity index (χ0) is 17.5. The molecule has 4 nitrogen and oxygen atoms in total. The molecule has 0 radical (unpaired) electrons. The molecule has 0 aliphatic carbocycles. The van der Waals surface area contributed by atoms with Gasteiger partial charge in [0.1, 0.15) is 11.3 Å². The highest BCUT2D eigenvalue weighted by atomic mass is 19.4. The first-order valence-electron chi connectivity index (χ1n) is 5.85. The molecule has 1 N–H and O–H groups in total. The first kappa shape index (κ1) is 18.1. The van der Waals surface area contributed by atoms with E-state index in [2.05, 4.69) is 4.98 Å². The Kier molecular flexibility index (Phi) is 4.64. The molecule has 0 spiro atoms. The van der Waals surface area contributed by atoms with Crippen molar-refractivity contribution in [3.05, 3.63) is 22.5 Å². The summed E-state index contributed by atoms with van der Waals surface area (Å²) in [5.74, 6) is -3.07. The summed E-state index contributed by atoms with van der Waals surface area (Å²) in [6.07, 6.45) is -11.4. The number of hydrogen-bond acceptors (Lipinski definition) is 3. The Bertz CT molecular complexity index is 592. The number of aromatic carboxylic acids is 1. The lowest BCUT2D eigenvalue weighted by molar-refractivity contribution is -0.151. The van der Waals surface area contributed by atoms with Crippen molar-refractivity contribution in [3.8, 4) is 5.75 Å². The van der Waals surface area contributed by atoms with Gasteiger partial charge in [0.05, 0.1) is 6.10 Å². The molecule has 0 aromatic carbocycles. The van der Waals surface area contributed by atoms with E-state index in [0.29, 0.717) is 0 Å². The van der Waals surface area contributed by atoms with Gasteiger partial charge in [-0.3, -0.25) is 0 Å². The average molecular weight is 331 g/mol. The minimum Gasteiger partial charge on any atom is -0.490 e. The number of halogens is 6. The van der Waals surface area contributed by atoms with Crippen molar-refractivity contribution in [1.29, 1.82) is 0 Å². The molecule has 0 saturated carbocycles. The highest BCUT2D eigenvalue weighted by Crippen LogP contribution is 2.42. The summed E-state index contributed by atoms with van der Waals surface area (Å²) >= 11 is 0. The Morgan fingerprint density at radius 3 is 1.86 bits per heavy atom. The Balaban J connectivity index is 3.88. The Morgan fingerprint density at radius 2 is 1.55 bits per heavy atom. The highest BCUT2D eigenvalue weighted by Gasteiger charge is 2.45. The summed E-state index contributed by atoms with van der Waals surface area (Å²) in [5.41, 5.74) is -6.23. The van der Waals surface area contributed by atoms with Crippen LogP contribution in [0.5, 0.6) is 5.75 Å². The summed E-state index contributed by atoms with van der Waals surface area (Å²) in [5, 5.41) is 8.94.